The Kier molecular flexibility index (Phi) is 5.02. The summed E-state index contributed by atoms with van der Waals surface area (Å²) in [4.78, 5) is 20.0. The largest absolute Gasteiger partial charge is 0.380 e. The van der Waals surface area contributed by atoms with Crippen molar-refractivity contribution in [3.8, 4) is 11.1 Å². The molecular weight excluding hydrogens is 515 g/mol. The highest BCUT2D eigenvalue weighted by Gasteiger charge is 2.49. The van der Waals surface area contributed by atoms with Gasteiger partial charge in [-0.05, 0) is 54.2 Å². The second-order valence-corrected chi connectivity index (χ2v) is 10.3. The number of nitrogens with zero attached hydrogens (tertiary/aromatic N) is 6. The van der Waals surface area contributed by atoms with E-state index < -0.39 is 0 Å². The van der Waals surface area contributed by atoms with Crippen LogP contribution in [0.1, 0.15) is 23.2 Å². The summed E-state index contributed by atoms with van der Waals surface area (Å²) < 4.78 is 7.31. The van der Waals surface area contributed by atoms with E-state index in [1.54, 1.807) is 24.7 Å². The molecule has 1 aliphatic heterocycles. The average molecular weight is 535 g/mol. The van der Waals surface area contributed by atoms with Crippen molar-refractivity contribution in [2.75, 3.05) is 17.2 Å². The van der Waals surface area contributed by atoms with E-state index in [2.05, 4.69) is 30.6 Å². The lowest BCUT2D eigenvalue weighted by Gasteiger charge is -2.28. The summed E-state index contributed by atoms with van der Waals surface area (Å²) in [5.41, 5.74) is 9.44. The summed E-state index contributed by atoms with van der Waals surface area (Å²) in [6.07, 6.45) is 7.07. The highest BCUT2D eigenvalue weighted by molar-refractivity contribution is 6.36. The van der Waals surface area contributed by atoms with Crippen LogP contribution in [0.2, 0.25) is 10.0 Å². The summed E-state index contributed by atoms with van der Waals surface area (Å²) in [6, 6.07) is 9.31. The standard InChI is InChI=1S/C25H20Cl2N8O2/c26-16-7-12(13-3-6-19-32-30-11-34(19)9-13)1-4-15(16)25(36)31-21-14-2-5-18(21)35(10-14)24-22-20(17(27)8-29-24)23(28)33-37-22/h1,3-4,6-9,11,14,18,21H,2,5,10H2,(H2,28,33)(H,31,36). The zero-order valence-corrected chi connectivity index (χ0v) is 20.8. The van der Waals surface area contributed by atoms with Crippen LogP contribution in [0.25, 0.3) is 27.7 Å². The zero-order chi connectivity index (χ0) is 25.3. The number of carbonyl (C=O) groups excluding carboxylic acids is 1. The summed E-state index contributed by atoms with van der Waals surface area (Å²) in [5, 5.41) is 16.4. The van der Waals surface area contributed by atoms with E-state index in [1.807, 2.05) is 28.8 Å². The molecule has 12 heteroatoms. The second-order valence-electron chi connectivity index (χ2n) is 9.47. The summed E-state index contributed by atoms with van der Waals surface area (Å²) >= 11 is 12.9. The number of nitrogens with two attached hydrogens (primary N) is 1. The lowest BCUT2D eigenvalue weighted by atomic mass is 10.0. The molecule has 186 valence electrons. The fourth-order valence-corrected chi connectivity index (χ4v) is 6.19. The number of carbonyl (C=O) groups is 1. The Morgan fingerprint density at radius 1 is 1.14 bits per heavy atom. The van der Waals surface area contributed by atoms with Crippen molar-refractivity contribution < 1.29 is 9.32 Å². The number of pyridine rings is 2. The minimum atomic E-state index is -0.201. The molecule has 1 saturated carbocycles. The number of fused-ring (bicyclic) bond motifs is 4. The fourth-order valence-electron chi connectivity index (χ4n) is 5.70. The van der Waals surface area contributed by atoms with Crippen molar-refractivity contribution in [2.24, 2.45) is 5.92 Å². The number of anilines is 2. The van der Waals surface area contributed by atoms with E-state index >= 15 is 0 Å². The number of hydrogen-bond donors (Lipinski definition) is 2. The Labute approximate surface area is 220 Å². The van der Waals surface area contributed by atoms with Crippen LogP contribution in [0, 0.1) is 5.92 Å². The Morgan fingerprint density at radius 3 is 2.86 bits per heavy atom. The number of piperidine rings is 1. The van der Waals surface area contributed by atoms with Crippen molar-refractivity contribution in [1.82, 2.24) is 30.1 Å². The van der Waals surface area contributed by atoms with E-state index in [0.29, 0.717) is 32.4 Å². The van der Waals surface area contributed by atoms with E-state index in [0.717, 1.165) is 36.2 Å². The Hall–Kier alpha value is -3.89. The number of halogens is 2. The topological polar surface area (TPSA) is 127 Å². The molecule has 5 heterocycles. The number of rotatable bonds is 4. The van der Waals surface area contributed by atoms with Gasteiger partial charge in [-0.1, -0.05) is 34.4 Å². The van der Waals surface area contributed by atoms with E-state index in [1.165, 1.54) is 0 Å². The smallest absolute Gasteiger partial charge is 0.253 e. The molecule has 2 aliphatic rings. The molecule has 3 N–H and O–H groups in total. The SMILES string of the molecule is Nc1noc2c(N3CC4CCC3C4NC(=O)c3ccc(-c4ccc5nncn5c4)cc3Cl)ncc(Cl)c12. The Morgan fingerprint density at radius 2 is 2.00 bits per heavy atom. The molecule has 1 aliphatic carbocycles. The van der Waals surface area contributed by atoms with Gasteiger partial charge in [-0.3, -0.25) is 9.20 Å². The van der Waals surface area contributed by atoms with Crippen molar-refractivity contribution >= 4 is 57.4 Å². The average Bonchev–Trinajstić information content (AvgIpc) is 3.68. The number of nitrogen functional groups attached to an aromatic ring is 1. The van der Waals surface area contributed by atoms with Gasteiger partial charge >= 0.3 is 0 Å². The number of benzene rings is 1. The van der Waals surface area contributed by atoms with Crippen molar-refractivity contribution in [3.05, 3.63) is 64.7 Å². The van der Waals surface area contributed by atoms with Crippen LogP contribution in [0.5, 0.6) is 0 Å². The third-order valence-corrected chi connectivity index (χ3v) is 8.05. The molecule has 0 radical (unpaired) electrons. The van der Waals surface area contributed by atoms with Crippen LogP contribution >= 0.6 is 23.2 Å². The number of amides is 1. The minimum absolute atomic E-state index is 0.0489. The lowest BCUT2D eigenvalue weighted by molar-refractivity contribution is 0.0932. The summed E-state index contributed by atoms with van der Waals surface area (Å²) in [6.45, 7) is 0.734. The summed E-state index contributed by atoms with van der Waals surface area (Å²) in [5.74, 6) is 0.947. The first kappa shape index (κ1) is 22.3. The molecule has 2 bridgehead atoms. The van der Waals surface area contributed by atoms with Crippen molar-refractivity contribution in [2.45, 2.75) is 24.9 Å². The number of aromatic nitrogens is 5. The van der Waals surface area contributed by atoms with Crippen LogP contribution in [0.3, 0.4) is 0 Å². The van der Waals surface area contributed by atoms with Crippen molar-refractivity contribution in [3.63, 3.8) is 0 Å². The molecule has 1 amide bonds. The summed E-state index contributed by atoms with van der Waals surface area (Å²) in [7, 11) is 0. The first-order valence-corrected chi connectivity index (χ1v) is 12.6. The molecule has 1 saturated heterocycles. The van der Waals surface area contributed by atoms with Crippen LogP contribution < -0.4 is 16.0 Å². The molecule has 0 spiro atoms. The third kappa shape index (κ3) is 3.51. The van der Waals surface area contributed by atoms with Gasteiger partial charge in [0.2, 0.25) is 5.58 Å². The maximum absolute atomic E-state index is 13.3. The maximum Gasteiger partial charge on any atom is 0.253 e. The predicted molar refractivity (Wildman–Crippen MR) is 140 cm³/mol. The Bertz CT molecular complexity index is 1700. The molecule has 3 unspecified atom stereocenters. The molecule has 2 fully saturated rings. The van der Waals surface area contributed by atoms with Gasteiger partial charge in [0.05, 0.1) is 33.1 Å². The van der Waals surface area contributed by atoms with E-state index in [4.69, 9.17) is 33.5 Å². The number of nitrogens with one attached hydrogen (secondary N) is 1. The van der Waals surface area contributed by atoms with Gasteiger partial charge in [0.1, 0.15) is 6.33 Å². The van der Waals surface area contributed by atoms with Gasteiger partial charge in [-0.15, -0.1) is 10.2 Å². The quantitative estimate of drug-likeness (QED) is 0.350. The molecule has 5 aromatic rings. The van der Waals surface area contributed by atoms with Crippen LogP contribution in [-0.4, -0.2) is 49.3 Å². The highest BCUT2D eigenvalue weighted by Crippen LogP contribution is 2.43. The zero-order valence-electron chi connectivity index (χ0n) is 19.3. The highest BCUT2D eigenvalue weighted by atomic mass is 35.5. The molecule has 3 atom stereocenters. The van der Waals surface area contributed by atoms with Gasteiger partial charge in [-0.25, -0.2) is 4.98 Å². The molecule has 1 aromatic carbocycles. The van der Waals surface area contributed by atoms with Crippen molar-refractivity contribution in [1.29, 1.82) is 0 Å². The van der Waals surface area contributed by atoms with Gasteiger partial charge in [0.25, 0.3) is 5.91 Å². The molecule has 4 aromatic heterocycles. The second kappa shape index (κ2) is 8.32. The van der Waals surface area contributed by atoms with E-state index in [-0.39, 0.29) is 29.7 Å². The van der Waals surface area contributed by atoms with Gasteiger partial charge in [0.15, 0.2) is 17.3 Å². The van der Waals surface area contributed by atoms with Gasteiger partial charge < -0.3 is 20.5 Å². The van der Waals surface area contributed by atoms with Crippen LogP contribution in [0.4, 0.5) is 11.6 Å². The maximum atomic E-state index is 13.3. The number of hydrogen-bond acceptors (Lipinski definition) is 8. The van der Waals surface area contributed by atoms with Gasteiger partial charge in [-0.2, -0.15) is 0 Å². The van der Waals surface area contributed by atoms with Crippen LogP contribution in [-0.2, 0) is 0 Å². The van der Waals surface area contributed by atoms with Gasteiger partial charge in [0, 0.05) is 18.9 Å². The molecule has 10 nitrogen and oxygen atoms in total. The third-order valence-electron chi connectivity index (χ3n) is 7.46. The minimum Gasteiger partial charge on any atom is -0.380 e. The monoisotopic (exact) mass is 534 g/mol. The van der Waals surface area contributed by atoms with E-state index in [9.17, 15) is 4.79 Å². The molecule has 7 rings (SSSR count). The Balaban J connectivity index is 1.13. The molecule has 37 heavy (non-hydrogen) atoms. The first-order valence-electron chi connectivity index (χ1n) is 11.8. The predicted octanol–water partition coefficient (Wildman–Crippen LogP) is 4.22. The van der Waals surface area contributed by atoms with Crippen LogP contribution in [0.15, 0.2) is 53.6 Å². The fraction of sp³-hybridized carbons (Fsp3) is 0.240. The molecular formula is C25H20Cl2N8O2. The normalized spacial score (nSPS) is 20.8. The lowest BCUT2D eigenvalue weighted by Crippen LogP contribution is -2.44. The first-order chi connectivity index (χ1) is 18.0.